The zero-order valence-corrected chi connectivity index (χ0v) is 10.2. The first-order chi connectivity index (χ1) is 7.36. The molecule has 0 heterocycles. The molecule has 84 valence electrons. The standard InChI is InChI=1S/C12H18O2S/c1-3-13-9-4-10-14-11-5-7-12(15-2)8-6-11/h5-8H,3-4,9-10H2,1-2H3. The summed E-state index contributed by atoms with van der Waals surface area (Å²) in [6.45, 7) is 4.28. The first-order valence-corrected chi connectivity index (χ1v) is 6.44. The van der Waals surface area contributed by atoms with E-state index in [0.29, 0.717) is 0 Å². The third-order valence-corrected chi connectivity index (χ3v) is 2.71. The molecular weight excluding hydrogens is 208 g/mol. The Bertz CT molecular complexity index is 259. The van der Waals surface area contributed by atoms with Crippen LogP contribution < -0.4 is 4.74 Å². The molecule has 3 heteroatoms. The summed E-state index contributed by atoms with van der Waals surface area (Å²) in [6.07, 6.45) is 3.01. The molecule has 0 aromatic heterocycles. The van der Waals surface area contributed by atoms with Crippen molar-refractivity contribution in [3.8, 4) is 5.75 Å². The average Bonchev–Trinajstić information content (AvgIpc) is 2.30. The predicted molar refractivity (Wildman–Crippen MR) is 64.8 cm³/mol. The van der Waals surface area contributed by atoms with Gasteiger partial charge >= 0.3 is 0 Å². The summed E-state index contributed by atoms with van der Waals surface area (Å²) in [5.41, 5.74) is 0. The van der Waals surface area contributed by atoms with Gasteiger partial charge in [-0.3, -0.25) is 0 Å². The largest absolute Gasteiger partial charge is 0.494 e. The van der Waals surface area contributed by atoms with Crippen LogP contribution in [0.4, 0.5) is 0 Å². The van der Waals surface area contributed by atoms with Gasteiger partial charge < -0.3 is 9.47 Å². The van der Waals surface area contributed by atoms with E-state index >= 15 is 0 Å². The van der Waals surface area contributed by atoms with E-state index in [1.165, 1.54) is 4.90 Å². The molecule has 0 aliphatic heterocycles. The fourth-order valence-electron chi connectivity index (χ4n) is 1.17. The Morgan fingerprint density at radius 1 is 1.13 bits per heavy atom. The van der Waals surface area contributed by atoms with Gasteiger partial charge in [-0.15, -0.1) is 11.8 Å². The molecule has 1 aromatic carbocycles. The van der Waals surface area contributed by atoms with E-state index in [-0.39, 0.29) is 0 Å². The summed E-state index contributed by atoms with van der Waals surface area (Å²) in [7, 11) is 0. The zero-order chi connectivity index (χ0) is 10.9. The maximum atomic E-state index is 5.56. The van der Waals surface area contributed by atoms with Crippen LogP contribution in [0.5, 0.6) is 5.75 Å². The SMILES string of the molecule is CCOCCCOc1ccc(SC)cc1. The molecule has 0 bridgehead atoms. The fraction of sp³-hybridized carbons (Fsp3) is 0.500. The summed E-state index contributed by atoms with van der Waals surface area (Å²) < 4.78 is 10.8. The lowest BCUT2D eigenvalue weighted by Crippen LogP contribution is -2.02. The lowest BCUT2D eigenvalue weighted by molar-refractivity contribution is 0.131. The summed E-state index contributed by atoms with van der Waals surface area (Å²) >= 11 is 1.74. The first-order valence-electron chi connectivity index (χ1n) is 5.21. The Balaban J connectivity index is 2.20. The van der Waals surface area contributed by atoms with Gasteiger partial charge in [0.05, 0.1) is 6.61 Å². The highest BCUT2D eigenvalue weighted by molar-refractivity contribution is 7.98. The van der Waals surface area contributed by atoms with Crippen LogP contribution in [0.25, 0.3) is 0 Å². The lowest BCUT2D eigenvalue weighted by Gasteiger charge is -2.06. The summed E-state index contributed by atoms with van der Waals surface area (Å²) in [6, 6.07) is 8.16. The minimum Gasteiger partial charge on any atom is -0.494 e. The van der Waals surface area contributed by atoms with Crippen molar-refractivity contribution in [1.82, 2.24) is 0 Å². The number of hydrogen-bond donors (Lipinski definition) is 0. The zero-order valence-electron chi connectivity index (χ0n) is 9.36. The maximum absolute atomic E-state index is 5.56. The van der Waals surface area contributed by atoms with Crippen molar-refractivity contribution >= 4 is 11.8 Å². The number of rotatable bonds is 7. The Hall–Kier alpha value is -0.670. The Morgan fingerprint density at radius 2 is 1.87 bits per heavy atom. The van der Waals surface area contributed by atoms with Gasteiger partial charge in [0.2, 0.25) is 0 Å². The van der Waals surface area contributed by atoms with Gasteiger partial charge in [-0.05, 0) is 37.4 Å². The number of hydrogen-bond acceptors (Lipinski definition) is 3. The first kappa shape index (κ1) is 12.4. The van der Waals surface area contributed by atoms with E-state index in [2.05, 4.69) is 18.4 Å². The molecule has 0 unspecified atom stereocenters. The van der Waals surface area contributed by atoms with E-state index in [1.807, 2.05) is 19.1 Å². The van der Waals surface area contributed by atoms with Crippen LogP contribution in [-0.4, -0.2) is 26.1 Å². The normalized spacial score (nSPS) is 10.3. The highest BCUT2D eigenvalue weighted by atomic mass is 32.2. The predicted octanol–water partition coefficient (Wildman–Crippen LogP) is 3.21. The van der Waals surface area contributed by atoms with Gasteiger partial charge in [0.25, 0.3) is 0 Å². The highest BCUT2D eigenvalue weighted by Crippen LogP contribution is 2.18. The molecule has 0 aliphatic rings. The van der Waals surface area contributed by atoms with Crippen LogP contribution in [0.2, 0.25) is 0 Å². The second-order valence-electron chi connectivity index (χ2n) is 3.07. The minimum absolute atomic E-state index is 0.721. The van der Waals surface area contributed by atoms with Crippen LogP contribution in [0.15, 0.2) is 29.2 Å². The Labute approximate surface area is 96.0 Å². The van der Waals surface area contributed by atoms with Crippen molar-refractivity contribution in [1.29, 1.82) is 0 Å². The topological polar surface area (TPSA) is 18.5 Å². The van der Waals surface area contributed by atoms with Crippen molar-refractivity contribution in [2.45, 2.75) is 18.2 Å². The van der Waals surface area contributed by atoms with Crippen molar-refractivity contribution < 1.29 is 9.47 Å². The van der Waals surface area contributed by atoms with E-state index in [4.69, 9.17) is 9.47 Å². The molecule has 1 aromatic rings. The van der Waals surface area contributed by atoms with Crippen LogP contribution >= 0.6 is 11.8 Å². The molecule has 0 radical (unpaired) electrons. The van der Waals surface area contributed by atoms with Crippen molar-refractivity contribution in [3.05, 3.63) is 24.3 Å². The van der Waals surface area contributed by atoms with Gasteiger partial charge in [0.1, 0.15) is 5.75 Å². The quantitative estimate of drug-likeness (QED) is 0.525. The van der Waals surface area contributed by atoms with Gasteiger partial charge in [-0.2, -0.15) is 0 Å². The monoisotopic (exact) mass is 226 g/mol. The summed E-state index contributed by atoms with van der Waals surface area (Å²) in [4.78, 5) is 1.26. The smallest absolute Gasteiger partial charge is 0.119 e. The molecule has 0 aliphatic carbocycles. The fourth-order valence-corrected chi connectivity index (χ4v) is 1.58. The molecule has 15 heavy (non-hydrogen) atoms. The van der Waals surface area contributed by atoms with Gasteiger partial charge in [-0.1, -0.05) is 0 Å². The third kappa shape index (κ3) is 5.09. The second kappa shape index (κ2) is 7.60. The second-order valence-corrected chi connectivity index (χ2v) is 3.95. The number of thioether (sulfide) groups is 1. The molecular formula is C12H18O2S. The molecule has 0 fully saturated rings. The van der Waals surface area contributed by atoms with E-state index in [0.717, 1.165) is 32.0 Å². The molecule has 0 atom stereocenters. The van der Waals surface area contributed by atoms with Crippen LogP contribution in [0, 0.1) is 0 Å². The third-order valence-electron chi connectivity index (χ3n) is 1.97. The van der Waals surface area contributed by atoms with Crippen LogP contribution in [-0.2, 0) is 4.74 Å². The Morgan fingerprint density at radius 3 is 2.47 bits per heavy atom. The lowest BCUT2D eigenvalue weighted by atomic mass is 10.3. The highest BCUT2D eigenvalue weighted by Gasteiger charge is 1.94. The molecule has 1 rings (SSSR count). The average molecular weight is 226 g/mol. The van der Waals surface area contributed by atoms with Crippen LogP contribution in [0.3, 0.4) is 0 Å². The molecule has 2 nitrogen and oxygen atoms in total. The number of benzene rings is 1. The van der Waals surface area contributed by atoms with E-state index in [1.54, 1.807) is 11.8 Å². The summed E-state index contributed by atoms with van der Waals surface area (Å²) in [5.74, 6) is 0.935. The number of ether oxygens (including phenoxy) is 2. The van der Waals surface area contributed by atoms with E-state index in [9.17, 15) is 0 Å². The molecule has 0 saturated heterocycles. The Kier molecular flexibility index (Phi) is 6.28. The maximum Gasteiger partial charge on any atom is 0.119 e. The van der Waals surface area contributed by atoms with E-state index < -0.39 is 0 Å². The van der Waals surface area contributed by atoms with Gasteiger partial charge in [0, 0.05) is 24.5 Å². The van der Waals surface area contributed by atoms with Crippen molar-refractivity contribution in [2.75, 3.05) is 26.1 Å². The van der Waals surface area contributed by atoms with Crippen LogP contribution in [0.1, 0.15) is 13.3 Å². The molecule has 0 saturated carbocycles. The minimum atomic E-state index is 0.721. The summed E-state index contributed by atoms with van der Waals surface area (Å²) in [5, 5.41) is 0. The van der Waals surface area contributed by atoms with Gasteiger partial charge in [-0.25, -0.2) is 0 Å². The molecule has 0 amide bonds. The molecule has 0 N–H and O–H groups in total. The molecule has 0 spiro atoms. The van der Waals surface area contributed by atoms with Crippen molar-refractivity contribution in [3.63, 3.8) is 0 Å². The van der Waals surface area contributed by atoms with Gasteiger partial charge in [0.15, 0.2) is 0 Å². The van der Waals surface area contributed by atoms with Crippen molar-refractivity contribution in [2.24, 2.45) is 0 Å².